The van der Waals surface area contributed by atoms with Gasteiger partial charge in [0, 0.05) is 59.4 Å². The summed E-state index contributed by atoms with van der Waals surface area (Å²) in [7, 11) is 1.84. The van der Waals surface area contributed by atoms with Gasteiger partial charge in [0.15, 0.2) is 5.96 Å². The van der Waals surface area contributed by atoms with Crippen LogP contribution in [0.25, 0.3) is 0 Å². The fourth-order valence-corrected chi connectivity index (χ4v) is 2.95. The van der Waals surface area contributed by atoms with Crippen LogP contribution >= 0.6 is 24.0 Å². The molecule has 0 aromatic heterocycles. The predicted octanol–water partition coefficient (Wildman–Crippen LogP) is 2.39. The van der Waals surface area contributed by atoms with Crippen molar-refractivity contribution in [2.75, 3.05) is 52.9 Å². The van der Waals surface area contributed by atoms with E-state index in [9.17, 15) is 0 Å². The molecule has 1 heterocycles. The molecule has 0 aliphatic carbocycles. The molecule has 6 heteroatoms. The highest BCUT2D eigenvalue weighted by Gasteiger charge is 2.16. The van der Waals surface area contributed by atoms with Crippen molar-refractivity contribution < 1.29 is 0 Å². The summed E-state index contributed by atoms with van der Waals surface area (Å²) in [6, 6.07) is 10.8. The number of unbranched alkanes of at least 4 members (excludes halogenated alkanes) is 1. The third-order valence-corrected chi connectivity index (χ3v) is 4.48. The summed E-state index contributed by atoms with van der Waals surface area (Å²) < 4.78 is 0. The van der Waals surface area contributed by atoms with Crippen LogP contribution in [0.4, 0.5) is 0 Å². The second-order valence-corrected chi connectivity index (χ2v) is 6.38. The van der Waals surface area contributed by atoms with E-state index in [4.69, 9.17) is 0 Å². The molecule has 1 aliphatic heterocycles. The molecular weight excluding hydrogens is 425 g/mol. The van der Waals surface area contributed by atoms with Gasteiger partial charge in [-0.3, -0.25) is 14.8 Å². The van der Waals surface area contributed by atoms with Gasteiger partial charge in [-0.25, -0.2) is 0 Å². The molecule has 5 nitrogen and oxygen atoms in total. The largest absolute Gasteiger partial charge is 0.356 e. The Balaban J connectivity index is 0.00000312. The molecule has 1 aliphatic rings. The molecule has 0 bridgehead atoms. The van der Waals surface area contributed by atoms with Gasteiger partial charge < -0.3 is 10.6 Å². The fraction of sp³-hybridized carbons (Fsp3) is 0.632. The van der Waals surface area contributed by atoms with Crippen LogP contribution in [0.15, 0.2) is 35.3 Å². The number of hydrogen-bond donors (Lipinski definition) is 2. The van der Waals surface area contributed by atoms with Gasteiger partial charge in [-0.05, 0) is 12.0 Å². The summed E-state index contributed by atoms with van der Waals surface area (Å²) >= 11 is 0. The Hall–Kier alpha value is -0.860. The van der Waals surface area contributed by atoms with Gasteiger partial charge in [0.2, 0.25) is 0 Å². The van der Waals surface area contributed by atoms with Crippen LogP contribution in [0.5, 0.6) is 0 Å². The maximum Gasteiger partial charge on any atom is 0.191 e. The van der Waals surface area contributed by atoms with Gasteiger partial charge in [0.1, 0.15) is 0 Å². The third-order valence-electron chi connectivity index (χ3n) is 4.48. The van der Waals surface area contributed by atoms with Crippen LogP contribution in [0.2, 0.25) is 0 Å². The molecule has 1 saturated heterocycles. The minimum absolute atomic E-state index is 0. The van der Waals surface area contributed by atoms with Crippen LogP contribution in [-0.4, -0.2) is 68.6 Å². The van der Waals surface area contributed by atoms with Gasteiger partial charge in [0.25, 0.3) is 0 Å². The van der Waals surface area contributed by atoms with E-state index < -0.39 is 0 Å². The highest BCUT2D eigenvalue weighted by atomic mass is 127. The van der Waals surface area contributed by atoms with Gasteiger partial charge in [-0.1, -0.05) is 43.7 Å². The number of benzene rings is 1. The van der Waals surface area contributed by atoms with E-state index in [2.05, 4.69) is 62.7 Å². The topological polar surface area (TPSA) is 42.9 Å². The van der Waals surface area contributed by atoms with Crippen molar-refractivity contribution in [2.24, 2.45) is 4.99 Å². The van der Waals surface area contributed by atoms with E-state index in [1.807, 2.05) is 7.05 Å². The maximum absolute atomic E-state index is 4.27. The van der Waals surface area contributed by atoms with Crippen LogP contribution in [-0.2, 0) is 6.54 Å². The molecule has 1 aromatic carbocycles. The first-order valence-corrected chi connectivity index (χ1v) is 9.25. The monoisotopic (exact) mass is 459 g/mol. The number of aliphatic imine (C=N–C) groups is 1. The summed E-state index contributed by atoms with van der Waals surface area (Å²) in [6.07, 6.45) is 2.39. The second-order valence-electron chi connectivity index (χ2n) is 6.38. The Labute approximate surface area is 170 Å². The minimum atomic E-state index is 0. The van der Waals surface area contributed by atoms with E-state index in [1.165, 1.54) is 18.4 Å². The van der Waals surface area contributed by atoms with E-state index in [1.54, 1.807) is 0 Å². The molecule has 2 N–H and O–H groups in total. The zero-order chi connectivity index (χ0) is 17.0. The van der Waals surface area contributed by atoms with Gasteiger partial charge in [0.05, 0.1) is 0 Å². The van der Waals surface area contributed by atoms with Crippen LogP contribution in [0, 0.1) is 0 Å². The Morgan fingerprint density at radius 2 is 1.64 bits per heavy atom. The lowest BCUT2D eigenvalue weighted by Gasteiger charge is -2.34. The molecule has 0 amide bonds. The third kappa shape index (κ3) is 8.87. The molecule has 0 spiro atoms. The SMILES string of the molecule is CCCCNC(=NC)NCCN1CCN(Cc2ccccc2)CC1.I. The summed E-state index contributed by atoms with van der Waals surface area (Å²) in [5.41, 5.74) is 1.41. The van der Waals surface area contributed by atoms with Crippen LogP contribution in [0.1, 0.15) is 25.3 Å². The molecule has 2 rings (SSSR count). The van der Waals surface area contributed by atoms with E-state index in [-0.39, 0.29) is 24.0 Å². The predicted molar refractivity (Wildman–Crippen MR) is 118 cm³/mol. The molecule has 1 aromatic rings. The van der Waals surface area contributed by atoms with Crippen molar-refractivity contribution in [3.63, 3.8) is 0 Å². The lowest BCUT2D eigenvalue weighted by atomic mass is 10.2. The molecule has 0 atom stereocenters. The number of hydrogen-bond acceptors (Lipinski definition) is 3. The fourth-order valence-electron chi connectivity index (χ4n) is 2.95. The Kier molecular flexibility index (Phi) is 11.9. The molecule has 1 fully saturated rings. The Bertz CT molecular complexity index is 472. The van der Waals surface area contributed by atoms with Crippen LogP contribution < -0.4 is 10.6 Å². The zero-order valence-corrected chi connectivity index (χ0v) is 18.0. The summed E-state index contributed by atoms with van der Waals surface area (Å²) in [6.45, 7) is 10.9. The van der Waals surface area contributed by atoms with Crippen LogP contribution in [0.3, 0.4) is 0 Å². The Morgan fingerprint density at radius 1 is 1.00 bits per heavy atom. The zero-order valence-electron chi connectivity index (χ0n) is 15.7. The summed E-state index contributed by atoms with van der Waals surface area (Å²) in [5.74, 6) is 0.922. The highest BCUT2D eigenvalue weighted by molar-refractivity contribution is 14.0. The number of nitrogens with one attached hydrogen (secondary N) is 2. The van der Waals surface area contributed by atoms with Crippen molar-refractivity contribution in [2.45, 2.75) is 26.3 Å². The maximum atomic E-state index is 4.27. The Morgan fingerprint density at radius 3 is 2.28 bits per heavy atom. The van der Waals surface area contributed by atoms with E-state index in [0.29, 0.717) is 0 Å². The van der Waals surface area contributed by atoms with Gasteiger partial charge in [-0.2, -0.15) is 0 Å². The average molecular weight is 459 g/mol. The summed E-state index contributed by atoms with van der Waals surface area (Å²) in [5, 5.41) is 6.76. The molecule has 0 saturated carbocycles. The van der Waals surface area contributed by atoms with Crippen molar-refractivity contribution in [3.05, 3.63) is 35.9 Å². The number of nitrogens with zero attached hydrogens (tertiary/aromatic N) is 3. The number of rotatable bonds is 8. The lowest BCUT2D eigenvalue weighted by Crippen LogP contribution is -2.49. The highest BCUT2D eigenvalue weighted by Crippen LogP contribution is 2.07. The van der Waals surface area contributed by atoms with Crippen molar-refractivity contribution in [1.82, 2.24) is 20.4 Å². The molecule has 0 unspecified atom stereocenters. The van der Waals surface area contributed by atoms with Crippen molar-refractivity contribution in [1.29, 1.82) is 0 Å². The van der Waals surface area contributed by atoms with E-state index >= 15 is 0 Å². The quantitative estimate of drug-likeness (QED) is 0.271. The smallest absolute Gasteiger partial charge is 0.191 e. The number of guanidine groups is 1. The number of halogens is 1. The first-order chi connectivity index (χ1) is 11.8. The van der Waals surface area contributed by atoms with Gasteiger partial charge >= 0.3 is 0 Å². The molecule has 0 radical (unpaired) electrons. The van der Waals surface area contributed by atoms with Crippen molar-refractivity contribution in [3.8, 4) is 0 Å². The number of piperazine rings is 1. The first kappa shape index (κ1) is 22.2. The minimum Gasteiger partial charge on any atom is -0.356 e. The van der Waals surface area contributed by atoms with Gasteiger partial charge in [-0.15, -0.1) is 24.0 Å². The second kappa shape index (κ2) is 13.4. The first-order valence-electron chi connectivity index (χ1n) is 9.25. The van der Waals surface area contributed by atoms with Crippen molar-refractivity contribution >= 4 is 29.9 Å². The standard InChI is InChI=1S/C19H33N5.HI/c1-3-4-10-21-19(20-2)22-11-12-23-13-15-24(16-14-23)17-18-8-6-5-7-9-18;/h5-9H,3-4,10-17H2,1-2H3,(H2,20,21,22);1H. The molecule has 25 heavy (non-hydrogen) atoms. The molecule has 142 valence electrons. The van der Waals surface area contributed by atoms with E-state index in [0.717, 1.165) is 58.3 Å². The average Bonchev–Trinajstić information content (AvgIpc) is 2.63. The normalized spacial score (nSPS) is 16.3. The molecular formula is C19H34IN5. The summed E-state index contributed by atoms with van der Waals surface area (Å²) in [4.78, 5) is 9.35. The lowest BCUT2D eigenvalue weighted by molar-refractivity contribution is 0.129.